The van der Waals surface area contributed by atoms with Crippen LogP contribution in [0.5, 0.6) is 0 Å². The van der Waals surface area contributed by atoms with E-state index in [2.05, 4.69) is 4.74 Å². The molecule has 0 aliphatic heterocycles. The van der Waals surface area contributed by atoms with Gasteiger partial charge in [-0.25, -0.2) is 3.63 Å². The summed E-state index contributed by atoms with van der Waals surface area (Å²) in [4.78, 5) is 14.0. The second kappa shape index (κ2) is 12.1. The van der Waals surface area contributed by atoms with Crippen LogP contribution in [0.15, 0.2) is 99.6 Å². The zero-order chi connectivity index (χ0) is 34.8. The number of hydrogen-bond donors (Lipinski definition) is 0. The molecule has 0 radical (unpaired) electrons. The third-order valence-corrected chi connectivity index (χ3v) is 15.2. The first kappa shape index (κ1) is 34.9. The fraction of sp³-hybridized carbons (Fsp3) is 0.472. The topological polar surface area (TPSA) is 69.7 Å². The van der Waals surface area contributed by atoms with E-state index in [-0.39, 0.29) is 57.1 Å². The largest absolute Gasteiger partial charge is 0.444 e. The number of carbonyl (C=O) groups excluding carboxylic acids is 1. The monoisotopic (exact) mass is 710 g/mol. The van der Waals surface area contributed by atoms with Crippen LogP contribution < -0.4 is 0 Å². The average Bonchev–Trinajstić information content (AvgIpc) is 3.01. The van der Waals surface area contributed by atoms with Crippen LogP contribution in [0.25, 0.3) is 0 Å². The highest BCUT2D eigenvalue weighted by Crippen LogP contribution is 2.71. The quantitative estimate of drug-likeness (QED) is 0.163. The Morgan fingerprint density at radius 3 is 1.52 bits per heavy atom. The van der Waals surface area contributed by atoms with Crippen molar-refractivity contribution in [3.05, 3.63) is 90.5 Å². The molecule has 4 fully saturated rings. The minimum atomic E-state index is -6.48. The van der Waals surface area contributed by atoms with Crippen LogP contribution in [0.1, 0.15) is 64.9 Å². The highest BCUT2D eigenvalue weighted by atomic mass is 32.3. The summed E-state index contributed by atoms with van der Waals surface area (Å²) in [5, 5.41) is -5.70. The van der Waals surface area contributed by atoms with Crippen LogP contribution in [0, 0.1) is 23.2 Å². The molecule has 7 rings (SSSR count). The standard InChI is InChI=1S/C36H39F5O5S2/c1-33(2,3)27-14-16-30(17-15-27)47(28-10-6-4-7-11-28,29-12-8-5-9-13-29)46-48(43,44)36(40,41)31(35(37,38)39)45-32(42)34-21-24-18-25(22-34)20-26(19-24)23-34/h4-17,24-26,31H,18-23H2,1-3H3. The summed E-state index contributed by atoms with van der Waals surface area (Å²) in [6.45, 7) is 5.88. The smallest absolute Gasteiger partial charge is 0.432 e. The van der Waals surface area contributed by atoms with E-state index in [9.17, 15) is 26.4 Å². The van der Waals surface area contributed by atoms with E-state index in [0.717, 1.165) is 24.8 Å². The lowest BCUT2D eigenvalue weighted by atomic mass is 9.49. The Balaban J connectivity index is 1.44. The molecule has 4 saturated carbocycles. The van der Waals surface area contributed by atoms with Gasteiger partial charge in [0.05, 0.1) is 5.41 Å². The lowest BCUT2D eigenvalue weighted by Crippen LogP contribution is -2.56. The predicted molar refractivity (Wildman–Crippen MR) is 172 cm³/mol. The number of carbonyl (C=O) groups is 1. The van der Waals surface area contributed by atoms with Crippen molar-refractivity contribution >= 4 is 26.4 Å². The van der Waals surface area contributed by atoms with Gasteiger partial charge in [0.2, 0.25) is 0 Å². The van der Waals surface area contributed by atoms with E-state index >= 15 is 8.78 Å². The molecule has 12 heteroatoms. The molecule has 0 spiro atoms. The number of halogens is 5. The van der Waals surface area contributed by atoms with Crippen LogP contribution in [0.4, 0.5) is 22.0 Å². The van der Waals surface area contributed by atoms with Gasteiger partial charge in [-0.1, -0.05) is 69.3 Å². The SMILES string of the molecule is CC(C)(C)c1ccc(S(OS(=O)(=O)C(F)(F)C(OC(=O)C23CC4CC(CC(C4)C2)C3)C(F)(F)F)(c2ccccc2)c2ccccc2)cc1. The van der Waals surface area contributed by atoms with Crippen molar-refractivity contribution in [3.8, 4) is 0 Å². The number of rotatable bonds is 9. The summed E-state index contributed by atoms with van der Waals surface area (Å²) in [7, 11) is -10.1. The molecule has 0 aromatic heterocycles. The maximum Gasteiger partial charge on any atom is 0.432 e. The number of esters is 1. The number of ether oxygens (including phenoxy) is 1. The summed E-state index contributed by atoms with van der Waals surface area (Å²) in [5.74, 6) is -1.11. The molecule has 3 aromatic rings. The van der Waals surface area contributed by atoms with Gasteiger partial charge >= 0.3 is 27.5 Å². The Kier molecular flexibility index (Phi) is 8.81. The Hall–Kier alpha value is -2.96. The van der Waals surface area contributed by atoms with E-state index in [4.69, 9.17) is 3.63 Å². The first-order valence-electron chi connectivity index (χ1n) is 16.0. The summed E-state index contributed by atoms with van der Waals surface area (Å²) < 4.78 is 114. The molecule has 1 unspecified atom stereocenters. The molecule has 0 saturated heterocycles. The van der Waals surface area contributed by atoms with Crippen LogP contribution >= 0.6 is 10.3 Å². The molecule has 260 valence electrons. The van der Waals surface area contributed by atoms with Crippen LogP contribution in [-0.2, 0) is 28.7 Å². The molecule has 5 nitrogen and oxygen atoms in total. The lowest BCUT2D eigenvalue weighted by Gasteiger charge is -2.55. The maximum absolute atomic E-state index is 16.3. The molecular formula is C36H39F5O5S2. The molecule has 4 aliphatic carbocycles. The minimum absolute atomic E-state index is 0.103. The van der Waals surface area contributed by atoms with Gasteiger partial charge in [0, 0.05) is 14.7 Å². The van der Waals surface area contributed by atoms with Gasteiger partial charge in [-0.2, -0.15) is 30.4 Å². The first-order valence-corrected chi connectivity index (χ1v) is 19.0. The van der Waals surface area contributed by atoms with Gasteiger partial charge in [0.1, 0.15) is 0 Å². The number of alkyl halides is 5. The molecule has 48 heavy (non-hydrogen) atoms. The fourth-order valence-corrected chi connectivity index (χ4v) is 13.4. The fourth-order valence-electron chi connectivity index (χ4n) is 8.13. The summed E-state index contributed by atoms with van der Waals surface area (Å²) in [6, 6.07) is 22.0. The first-order chi connectivity index (χ1) is 22.4. The van der Waals surface area contributed by atoms with Crippen LogP contribution in [0.3, 0.4) is 0 Å². The second-order valence-electron chi connectivity index (χ2n) is 14.6. The van der Waals surface area contributed by atoms with Crippen molar-refractivity contribution in [1.29, 1.82) is 0 Å². The molecule has 0 amide bonds. The summed E-state index contributed by atoms with van der Waals surface area (Å²) >= 11 is 0. The molecular weight excluding hydrogens is 672 g/mol. The highest BCUT2D eigenvalue weighted by molar-refractivity contribution is 8.33. The Morgan fingerprint density at radius 1 is 0.708 bits per heavy atom. The molecule has 0 N–H and O–H groups in total. The van der Waals surface area contributed by atoms with Crippen molar-refractivity contribution in [2.75, 3.05) is 0 Å². The second-order valence-corrected chi connectivity index (χ2v) is 19.1. The molecule has 4 bridgehead atoms. The minimum Gasteiger partial charge on any atom is -0.444 e. The van der Waals surface area contributed by atoms with E-state index in [1.165, 1.54) is 24.3 Å². The van der Waals surface area contributed by atoms with Gasteiger partial charge in [0.25, 0.3) is 6.10 Å². The van der Waals surface area contributed by atoms with Crippen molar-refractivity contribution in [2.45, 2.75) is 96.9 Å². The van der Waals surface area contributed by atoms with Crippen molar-refractivity contribution in [1.82, 2.24) is 0 Å². The molecule has 1 atom stereocenters. The molecule has 4 aliphatic rings. The predicted octanol–water partition coefficient (Wildman–Crippen LogP) is 9.81. The van der Waals surface area contributed by atoms with Crippen LogP contribution in [0.2, 0.25) is 0 Å². The van der Waals surface area contributed by atoms with E-state index < -0.39 is 49.3 Å². The summed E-state index contributed by atoms with van der Waals surface area (Å²) in [5.41, 5.74) is -0.810. The van der Waals surface area contributed by atoms with Gasteiger partial charge in [-0.05, 0) is 114 Å². The zero-order valence-corrected chi connectivity index (χ0v) is 28.5. The van der Waals surface area contributed by atoms with Crippen molar-refractivity contribution in [3.63, 3.8) is 0 Å². The maximum atomic E-state index is 16.3. The third-order valence-electron chi connectivity index (χ3n) is 10.0. The van der Waals surface area contributed by atoms with Gasteiger partial charge in [-0.15, -0.1) is 0 Å². The van der Waals surface area contributed by atoms with Gasteiger partial charge < -0.3 is 4.74 Å². The average molecular weight is 711 g/mol. The highest BCUT2D eigenvalue weighted by Gasteiger charge is 2.69. The van der Waals surface area contributed by atoms with Crippen molar-refractivity contribution < 1.29 is 43.5 Å². The lowest BCUT2D eigenvalue weighted by molar-refractivity contribution is -0.266. The zero-order valence-electron chi connectivity index (χ0n) is 26.9. The Morgan fingerprint density at radius 2 is 1.12 bits per heavy atom. The summed E-state index contributed by atoms with van der Waals surface area (Å²) in [6.07, 6.45) is -6.94. The Labute approximate surface area is 279 Å². The van der Waals surface area contributed by atoms with Crippen molar-refractivity contribution in [2.24, 2.45) is 23.2 Å². The van der Waals surface area contributed by atoms with Gasteiger partial charge in [-0.3, -0.25) is 4.79 Å². The van der Waals surface area contributed by atoms with E-state index in [1.54, 1.807) is 60.7 Å². The Bertz CT molecular complexity index is 1660. The van der Waals surface area contributed by atoms with E-state index in [0.29, 0.717) is 0 Å². The molecule has 0 heterocycles. The van der Waals surface area contributed by atoms with Crippen LogP contribution in [-0.4, -0.2) is 31.9 Å². The molecule has 3 aromatic carbocycles. The third kappa shape index (κ3) is 6.17. The normalized spacial score (nSPS) is 25.5. The number of hydrogen-bond acceptors (Lipinski definition) is 5. The number of benzene rings is 3. The van der Waals surface area contributed by atoms with Gasteiger partial charge in [0.15, 0.2) is 0 Å². The van der Waals surface area contributed by atoms with E-state index in [1.807, 2.05) is 20.8 Å².